The van der Waals surface area contributed by atoms with E-state index in [2.05, 4.69) is 20.3 Å². The maximum atomic E-state index is 12.5. The number of benzene rings is 1. The number of anilines is 2. The van der Waals surface area contributed by atoms with Crippen molar-refractivity contribution in [2.24, 2.45) is 0 Å². The van der Waals surface area contributed by atoms with Crippen LogP contribution in [0.1, 0.15) is 25.6 Å². The molecule has 0 spiro atoms. The van der Waals surface area contributed by atoms with Gasteiger partial charge in [0.1, 0.15) is 0 Å². The van der Waals surface area contributed by atoms with Gasteiger partial charge < -0.3 is 10.6 Å². The molecule has 0 aliphatic heterocycles. The molecule has 0 atom stereocenters. The van der Waals surface area contributed by atoms with Crippen molar-refractivity contribution in [3.63, 3.8) is 0 Å². The van der Waals surface area contributed by atoms with Gasteiger partial charge in [0.05, 0.1) is 22.4 Å². The summed E-state index contributed by atoms with van der Waals surface area (Å²) in [5, 5.41) is 7.14. The standard InChI is InChI=1S/C20H20N4O4S2/c1-30(27,28)24-17-6-2-5-16(11-17)23-20(26)18-10-15(13-29-18)19(25)22-9-7-14-4-3-8-21-12-14/h2-6,8,10-13,24H,7,9H2,1H3,(H,22,25)(H,23,26). The molecule has 3 aromatic rings. The molecule has 2 heterocycles. The van der Waals surface area contributed by atoms with Crippen LogP contribution < -0.4 is 15.4 Å². The Bertz CT molecular complexity index is 1140. The summed E-state index contributed by atoms with van der Waals surface area (Å²) < 4.78 is 25.0. The number of sulfonamides is 1. The highest BCUT2D eigenvalue weighted by Gasteiger charge is 2.14. The van der Waals surface area contributed by atoms with Crippen LogP contribution >= 0.6 is 11.3 Å². The highest BCUT2D eigenvalue weighted by Crippen LogP contribution is 2.20. The normalized spacial score (nSPS) is 11.0. The van der Waals surface area contributed by atoms with Gasteiger partial charge in [-0.05, 0) is 42.3 Å². The molecule has 0 unspecified atom stereocenters. The minimum absolute atomic E-state index is 0.256. The van der Waals surface area contributed by atoms with Crippen LogP contribution in [0.2, 0.25) is 0 Å². The molecule has 8 nitrogen and oxygen atoms in total. The maximum Gasteiger partial charge on any atom is 0.265 e. The Labute approximate surface area is 178 Å². The quantitative estimate of drug-likeness (QED) is 0.494. The summed E-state index contributed by atoms with van der Waals surface area (Å²) >= 11 is 1.15. The van der Waals surface area contributed by atoms with Gasteiger partial charge in [-0.3, -0.25) is 19.3 Å². The fourth-order valence-electron chi connectivity index (χ4n) is 2.61. The number of nitrogens with zero attached hydrogens (tertiary/aromatic N) is 1. The molecule has 3 rings (SSSR count). The van der Waals surface area contributed by atoms with E-state index in [9.17, 15) is 18.0 Å². The number of amides is 2. The molecule has 30 heavy (non-hydrogen) atoms. The van der Waals surface area contributed by atoms with Gasteiger partial charge in [0.25, 0.3) is 11.8 Å². The maximum absolute atomic E-state index is 12.5. The van der Waals surface area contributed by atoms with Gasteiger partial charge in [-0.25, -0.2) is 8.42 Å². The Balaban J connectivity index is 1.57. The van der Waals surface area contributed by atoms with E-state index in [1.807, 2.05) is 12.1 Å². The fraction of sp³-hybridized carbons (Fsp3) is 0.150. The average Bonchev–Trinajstić information content (AvgIpc) is 3.18. The Morgan fingerprint density at radius 3 is 2.60 bits per heavy atom. The van der Waals surface area contributed by atoms with E-state index in [4.69, 9.17) is 0 Å². The first kappa shape index (κ1) is 21.5. The third-order valence-corrected chi connectivity index (χ3v) is 5.47. The van der Waals surface area contributed by atoms with E-state index in [1.165, 1.54) is 12.1 Å². The zero-order chi connectivity index (χ0) is 21.6. The summed E-state index contributed by atoms with van der Waals surface area (Å²) in [7, 11) is -3.41. The van der Waals surface area contributed by atoms with Crippen LogP contribution in [0.5, 0.6) is 0 Å². The minimum atomic E-state index is -3.41. The number of pyridine rings is 1. The van der Waals surface area contributed by atoms with Crippen molar-refractivity contribution < 1.29 is 18.0 Å². The molecule has 0 bridgehead atoms. The van der Waals surface area contributed by atoms with Crippen molar-refractivity contribution in [1.29, 1.82) is 0 Å². The number of hydrogen-bond donors (Lipinski definition) is 3. The third-order valence-electron chi connectivity index (χ3n) is 3.93. The molecule has 0 saturated heterocycles. The van der Waals surface area contributed by atoms with E-state index in [0.717, 1.165) is 23.2 Å². The van der Waals surface area contributed by atoms with Gasteiger partial charge in [0.2, 0.25) is 10.0 Å². The monoisotopic (exact) mass is 444 g/mol. The minimum Gasteiger partial charge on any atom is -0.352 e. The zero-order valence-electron chi connectivity index (χ0n) is 16.1. The van der Waals surface area contributed by atoms with Crippen LogP contribution in [-0.2, 0) is 16.4 Å². The van der Waals surface area contributed by atoms with Crippen LogP contribution in [0, 0.1) is 0 Å². The zero-order valence-corrected chi connectivity index (χ0v) is 17.7. The predicted octanol–water partition coefficient (Wildman–Crippen LogP) is 2.74. The van der Waals surface area contributed by atoms with Crippen LogP contribution in [0.15, 0.2) is 60.2 Å². The van der Waals surface area contributed by atoms with Crippen molar-refractivity contribution in [3.8, 4) is 0 Å². The smallest absolute Gasteiger partial charge is 0.265 e. The molecular weight excluding hydrogens is 424 g/mol. The largest absolute Gasteiger partial charge is 0.352 e. The number of thiophene rings is 1. The molecule has 0 aliphatic rings. The number of nitrogens with one attached hydrogen (secondary N) is 3. The second-order valence-electron chi connectivity index (χ2n) is 6.48. The van der Waals surface area contributed by atoms with Crippen LogP contribution in [0.4, 0.5) is 11.4 Å². The summed E-state index contributed by atoms with van der Waals surface area (Å²) in [4.78, 5) is 29.2. The first-order valence-corrected chi connectivity index (χ1v) is 11.7. The van der Waals surface area contributed by atoms with Gasteiger partial charge in [-0.2, -0.15) is 0 Å². The summed E-state index contributed by atoms with van der Waals surface area (Å²) in [6, 6.07) is 11.7. The topological polar surface area (TPSA) is 117 Å². The van der Waals surface area contributed by atoms with E-state index < -0.39 is 10.0 Å². The van der Waals surface area contributed by atoms with Crippen LogP contribution in [0.25, 0.3) is 0 Å². The number of aromatic nitrogens is 1. The summed E-state index contributed by atoms with van der Waals surface area (Å²) in [5.41, 5.74) is 2.21. The summed E-state index contributed by atoms with van der Waals surface area (Å²) in [6.07, 6.45) is 5.15. The molecule has 1 aromatic carbocycles. The number of hydrogen-bond acceptors (Lipinski definition) is 6. The molecule has 3 N–H and O–H groups in total. The van der Waals surface area contributed by atoms with Gasteiger partial charge in [-0.15, -0.1) is 11.3 Å². The molecule has 2 amide bonds. The van der Waals surface area contributed by atoms with E-state index in [1.54, 1.807) is 36.0 Å². The lowest BCUT2D eigenvalue weighted by molar-refractivity contribution is 0.0954. The Kier molecular flexibility index (Phi) is 6.80. The SMILES string of the molecule is CS(=O)(=O)Nc1cccc(NC(=O)c2cc(C(=O)NCCc3cccnc3)cs2)c1. The van der Waals surface area contributed by atoms with Crippen LogP contribution in [0.3, 0.4) is 0 Å². The molecule has 2 aromatic heterocycles. The average molecular weight is 445 g/mol. The predicted molar refractivity (Wildman–Crippen MR) is 117 cm³/mol. The fourth-order valence-corrected chi connectivity index (χ4v) is 3.95. The molecule has 0 radical (unpaired) electrons. The van der Waals surface area contributed by atoms with Crippen LogP contribution in [-0.4, -0.2) is 38.0 Å². The van der Waals surface area contributed by atoms with Gasteiger partial charge in [-0.1, -0.05) is 12.1 Å². The Morgan fingerprint density at radius 2 is 1.87 bits per heavy atom. The number of carbonyl (C=O) groups excluding carboxylic acids is 2. The molecule has 0 aliphatic carbocycles. The summed E-state index contributed by atoms with van der Waals surface area (Å²) in [5.74, 6) is -0.639. The summed E-state index contributed by atoms with van der Waals surface area (Å²) in [6.45, 7) is 0.460. The van der Waals surface area contributed by atoms with Crippen molar-refractivity contribution in [3.05, 3.63) is 76.2 Å². The highest BCUT2D eigenvalue weighted by atomic mass is 32.2. The number of carbonyl (C=O) groups is 2. The second-order valence-corrected chi connectivity index (χ2v) is 9.14. The first-order chi connectivity index (χ1) is 14.3. The van der Waals surface area contributed by atoms with Gasteiger partial charge in [0.15, 0.2) is 0 Å². The lowest BCUT2D eigenvalue weighted by Gasteiger charge is -2.07. The first-order valence-electron chi connectivity index (χ1n) is 8.95. The lowest BCUT2D eigenvalue weighted by Crippen LogP contribution is -2.25. The lowest BCUT2D eigenvalue weighted by atomic mass is 10.2. The third kappa shape index (κ3) is 6.39. The Morgan fingerprint density at radius 1 is 1.07 bits per heavy atom. The molecule has 10 heteroatoms. The van der Waals surface area contributed by atoms with Gasteiger partial charge >= 0.3 is 0 Å². The molecule has 156 valence electrons. The molecule has 0 fully saturated rings. The van der Waals surface area contributed by atoms with Crippen molar-refractivity contribution in [2.45, 2.75) is 6.42 Å². The highest BCUT2D eigenvalue weighted by molar-refractivity contribution is 7.92. The van der Waals surface area contributed by atoms with Gasteiger partial charge in [0, 0.05) is 30.0 Å². The van der Waals surface area contributed by atoms with Crippen molar-refractivity contribution in [1.82, 2.24) is 10.3 Å². The van der Waals surface area contributed by atoms with E-state index in [-0.39, 0.29) is 11.8 Å². The number of rotatable bonds is 8. The van der Waals surface area contributed by atoms with Crippen molar-refractivity contribution >= 4 is 44.5 Å². The second kappa shape index (κ2) is 9.51. The molecule has 0 saturated carbocycles. The molecular formula is C20H20N4O4S2. The Hall–Kier alpha value is -3.24. The van der Waals surface area contributed by atoms with Crippen molar-refractivity contribution in [2.75, 3.05) is 22.8 Å². The van der Waals surface area contributed by atoms with E-state index >= 15 is 0 Å². The van der Waals surface area contributed by atoms with E-state index in [0.29, 0.717) is 34.8 Å².